The summed E-state index contributed by atoms with van der Waals surface area (Å²) in [7, 11) is 1.66. The Morgan fingerprint density at radius 1 is 1.13 bits per heavy atom. The van der Waals surface area contributed by atoms with Crippen LogP contribution in [0.4, 0.5) is 0 Å². The molecule has 0 aliphatic carbocycles. The fourth-order valence-electron chi connectivity index (χ4n) is 4.73. The number of likely N-dealkylation sites (tertiary alicyclic amines) is 1. The van der Waals surface area contributed by atoms with Crippen LogP contribution in [0.15, 0.2) is 41.2 Å². The van der Waals surface area contributed by atoms with Gasteiger partial charge in [0.25, 0.3) is 5.56 Å². The van der Waals surface area contributed by atoms with Gasteiger partial charge in [0.15, 0.2) is 0 Å². The summed E-state index contributed by atoms with van der Waals surface area (Å²) >= 11 is 0. The zero-order valence-corrected chi connectivity index (χ0v) is 19.1. The quantitative estimate of drug-likeness (QED) is 0.515. The first kappa shape index (κ1) is 21.6. The summed E-state index contributed by atoms with van der Waals surface area (Å²) < 4.78 is 7.36. The van der Waals surface area contributed by atoms with Crippen molar-refractivity contribution in [2.45, 2.75) is 58.9 Å². The molecule has 5 heteroatoms. The summed E-state index contributed by atoms with van der Waals surface area (Å²) in [5.74, 6) is 1.37. The SMILES string of the molecule is COc1cc(CCCCN2CCC[C@H]2C)ccc1-n1c(C)nc2ccc(C)cc2c1=O. The maximum Gasteiger partial charge on any atom is 0.266 e. The number of methoxy groups -OCH3 is 1. The fraction of sp³-hybridized carbons (Fsp3) is 0.462. The summed E-state index contributed by atoms with van der Waals surface area (Å²) in [5, 5.41) is 0.632. The van der Waals surface area contributed by atoms with Crippen molar-refractivity contribution in [2.75, 3.05) is 20.2 Å². The van der Waals surface area contributed by atoms with Gasteiger partial charge in [0, 0.05) is 6.04 Å². The highest BCUT2D eigenvalue weighted by Gasteiger charge is 2.19. The van der Waals surface area contributed by atoms with E-state index in [1.165, 1.54) is 37.9 Å². The van der Waals surface area contributed by atoms with Gasteiger partial charge >= 0.3 is 0 Å². The maximum absolute atomic E-state index is 13.3. The monoisotopic (exact) mass is 419 g/mol. The lowest BCUT2D eigenvalue weighted by molar-refractivity contribution is 0.263. The Bertz CT molecular complexity index is 1140. The molecule has 2 heterocycles. The van der Waals surface area contributed by atoms with Crippen LogP contribution in [0.5, 0.6) is 5.75 Å². The molecule has 0 unspecified atom stereocenters. The first-order valence-electron chi connectivity index (χ1n) is 11.4. The molecule has 2 aromatic carbocycles. The minimum absolute atomic E-state index is 0.0583. The summed E-state index contributed by atoms with van der Waals surface area (Å²) in [4.78, 5) is 20.5. The third-order valence-electron chi connectivity index (χ3n) is 6.53. The molecular weight excluding hydrogens is 386 g/mol. The van der Waals surface area contributed by atoms with Crippen LogP contribution >= 0.6 is 0 Å². The largest absolute Gasteiger partial charge is 0.495 e. The van der Waals surface area contributed by atoms with E-state index in [9.17, 15) is 4.79 Å². The van der Waals surface area contributed by atoms with Gasteiger partial charge in [0.2, 0.25) is 0 Å². The van der Waals surface area contributed by atoms with Crippen LogP contribution in [0.2, 0.25) is 0 Å². The van der Waals surface area contributed by atoms with E-state index in [0.29, 0.717) is 17.0 Å². The molecule has 0 bridgehead atoms. The smallest absolute Gasteiger partial charge is 0.266 e. The molecule has 1 atom stereocenters. The lowest BCUT2D eigenvalue weighted by Gasteiger charge is -2.20. The molecule has 0 amide bonds. The van der Waals surface area contributed by atoms with Gasteiger partial charge in [-0.3, -0.25) is 9.36 Å². The van der Waals surface area contributed by atoms with Crippen LogP contribution in [0, 0.1) is 13.8 Å². The summed E-state index contributed by atoms with van der Waals surface area (Å²) in [6, 6.07) is 12.7. The second-order valence-electron chi connectivity index (χ2n) is 8.81. The molecule has 5 nitrogen and oxygen atoms in total. The van der Waals surface area contributed by atoms with Gasteiger partial charge in [0.1, 0.15) is 11.6 Å². The molecule has 1 aliphatic rings. The molecule has 0 spiro atoms. The second kappa shape index (κ2) is 9.23. The molecule has 0 N–H and O–H groups in total. The number of ether oxygens (including phenoxy) is 1. The van der Waals surface area contributed by atoms with E-state index in [0.717, 1.165) is 35.7 Å². The number of aryl methyl sites for hydroxylation is 3. The van der Waals surface area contributed by atoms with Crippen molar-refractivity contribution in [3.63, 3.8) is 0 Å². The fourth-order valence-corrected chi connectivity index (χ4v) is 4.73. The highest BCUT2D eigenvalue weighted by Crippen LogP contribution is 2.26. The number of benzene rings is 2. The molecule has 1 saturated heterocycles. The van der Waals surface area contributed by atoms with Crippen LogP contribution in [-0.2, 0) is 6.42 Å². The van der Waals surface area contributed by atoms with Crippen molar-refractivity contribution < 1.29 is 4.74 Å². The molecule has 164 valence electrons. The number of fused-ring (bicyclic) bond motifs is 1. The van der Waals surface area contributed by atoms with Gasteiger partial charge in [-0.05, 0) is 95.8 Å². The van der Waals surface area contributed by atoms with Gasteiger partial charge in [-0.2, -0.15) is 0 Å². The number of unbranched alkanes of at least 4 members (excludes halogenated alkanes) is 1. The third-order valence-corrected chi connectivity index (χ3v) is 6.53. The van der Waals surface area contributed by atoms with E-state index in [-0.39, 0.29) is 5.56 Å². The number of rotatable bonds is 7. The number of hydrogen-bond donors (Lipinski definition) is 0. The van der Waals surface area contributed by atoms with Crippen molar-refractivity contribution in [2.24, 2.45) is 0 Å². The van der Waals surface area contributed by atoms with Gasteiger partial charge in [0.05, 0.1) is 23.7 Å². The van der Waals surface area contributed by atoms with Crippen molar-refractivity contribution in [3.8, 4) is 11.4 Å². The maximum atomic E-state index is 13.3. The Hall–Kier alpha value is -2.66. The first-order chi connectivity index (χ1) is 15.0. The van der Waals surface area contributed by atoms with Crippen molar-refractivity contribution in [1.29, 1.82) is 0 Å². The zero-order chi connectivity index (χ0) is 22.0. The molecule has 31 heavy (non-hydrogen) atoms. The van der Waals surface area contributed by atoms with Crippen molar-refractivity contribution in [3.05, 3.63) is 63.7 Å². The topological polar surface area (TPSA) is 47.4 Å². The highest BCUT2D eigenvalue weighted by molar-refractivity contribution is 5.79. The van der Waals surface area contributed by atoms with Crippen LogP contribution in [-0.4, -0.2) is 40.7 Å². The van der Waals surface area contributed by atoms with E-state index in [4.69, 9.17) is 4.74 Å². The zero-order valence-electron chi connectivity index (χ0n) is 19.1. The average molecular weight is 420 g/mol. The average Bonchev–Trinajstić information content (AvgIpc) is 3.17. The van der Waals surface area contributed by atoms with E-state index in [1.807, 2.05) is 38.1 Å². The van der Waals surface area contributed by atoms with Gasteiger partial charge in [-0.1, -0.05) is 17.7 Å². The Morgan fingerprint density at radius 3 is 2.71 bits per heavy atom. The molecule has 0 saturated carbocycles. The van der Waals surface area contributed by atoms with Crippen LogP contribution < -0.4 is 10.3 Å². The molecular formula is C26H33N3O2. The van der Waals surface area contributed by atoms with Crippen LogP contribution in [0.3, 0.4) is 0 Å². The van der Waals surface area contributed by atoms with Gasteiger partial charge in [-0.25, -0.2) is 4.98 Å². The molecule has 0 radical (unpaired) electrons. The molecule has 1 aromatic heterocycles. The molecule has 4 rings (SSSR count). The standard InChI is InChI=1S/C26H33N3O2/c1-18-10-12-23-22(16-18)26(30)29(20(3)27-23)24-13-11-21(17-25(24)31-4)9-5-6-14-28-15-7-8-19(28)2/h10-13,16-17,19H,5-9,14-15H2,1-4H3/t19-/m1/s1. The van der Waals surface area contributed by atoms with E-state index in [1.54, 1.807) is 11.7 Å². The minimum Gasteiger partial charge on any atom is -0.495 e. The second-order valence-corrected chi connectivity index (χ2v) is 8.81. The van der Waals surface area contributed by atoms with Crippen LogP contribution in [0.25, 0.3) is 16.6 Å². The molecule has 3 aromatic rings. The minimum atomic E-state index is -0.0583. The molecule has 1 aliphatic heterocycles. The predicted octanol–water partition coefficient (Wildman–Crippen LogP) is 4.82. The molecule has 1 fully saturated rings. The van der Waals surface area contributed by atoms with E-state index >= 15 is 0 Å². The highest BCUT2D eigenvalue weighted by atomic mass is 16.5. The predicted molar refractivity (Wildman–Crippen MR) is 127 cm³/mol. The normalized spacial score (nSPS) is 16.8. The Balaban J connectivity index is 1.55. The van der Waals surface area contributed by atoms with Crippen molar-refractivity contribution >= 4 is 10.9 Å². The van der Waals surface area contributed by atoms with E-state index in [2.05, 4.69) is 28.9 Å². The Labute approximate surface area is 184 Å². The Morgan fingerprint density at radius 2 is 1.97 bits per heavy atom. The van der Waals surface area contributed by atoms with Gasteiger partial charge < -0.3 is 9.64 Å². The number of aromatic nitrogens is 2. The summed E-state index contributed by atoms with van der Waals surface area (Å²) in [5.41, 5.74) is 3.71. The lowest BCUT2D eigenvalue weighted by atomic mass is 10.1. The lowest BCUT2D eigenvalue weighted by Crippen LogP contribution is -2.27. The van der Waals surface area contributed by atoms with Gasteiger partial charge in [-0.15, -0.1) is 0 Å². The third kappa shape index (κ3) is 4.52. The first-order valence-corrected chi connectivity index (χ1v) is 11.4. The van der Waals surface area contributed by atoms with Crippen molar-refractivity contribution in [1.82, 2.24) is 14.5 Å². The van der Waals surface area contributed by atoms with E-state index < -0.39 is 0 Å². The summed E-state index contributed by atoms with van der Waals surface area (Å²) in [6.45, 7) is 8.63. The summed E-state index contributed by atoms with van der Waals surface area (Å²) in [6.07, 6.45) is 6.05. The number of hydrogen-bond acceptors (Lipinski definition) is 4. The van der Waals surface area contributed by atoms with Crippen LogP contribution in [0.1, 0.15) is 49.6 Å². The number of nitrogens with zero attached hydrogens (tertiary/aromatic N) is 3. The Kier molecular flexibility index (Phi) is 6.42.